The number of piperidine rings is 1. The normalized spacial score (nSPS) is 18.6. The van der Waals surface area contributed by atoms with Gasteiger partial charge in [-0.15, -0.1) is 0 Å². The van der Waals surface area contributed by atoms with Crippen molar-refractivity contribution in [1.29, 1.82) is 0 Å². The van der Waals surface area contributed by atoms with Gasteiger partial charge < -0.3 is 10.4 Å². The standard InChI is InChI=1S/C19H22N2O2/c22-16-9-6-12-21(13-16)14-19(23)20-18-11-5-4-10-17(18)15-7-2-1-3-8-15/h1-5,7-8,10-11,16,22H,6,9,12-14H2,(H,20,23). The number of nitrogens with one attached hydrogen (secondary N) is 1. The SMILES string of the molecule is O=C(CN1CCCC(O)C1)Nc1ccccc1-c1ccccc1. The molecule has 0 aliphatic carbocycles. The van der Waals surface area contributed by atoms with Gasteiger partial charge in [-0.25, -0.2) is 0 Å². The van der Waals surface area contributed by atoms with Gasteiger partial charge in [-0.3, -0.25) is 9.69 Å². The molecule has 1 atom stereocenters. The minimum atomic E-state index is -0.312. The van der Waals surface area contributed by atoms with Crippen LogP contribution in [0, 0.1) is 0 Å². The number of anilines is 1. The van der Waals surface area contributed by atoms with Crippen molar-refractivity contribution in [2.24, 2.45) is 0 Å². The largest absolute Gasteiger partial charge is 0.392 e. The first kappa shape index (κ1) is 15.7. The molecule has 4 heteroatoms. The van der Waals surface area contributed by atoms with Gasteiger partial charge in [0.05, 0.1) is 12.6 Å². The number of rotatable bonds is 4. The van der Waals surface area contributed by atoms with Gasteiger partial charge in [0.15, 0.2) is 0 Å². The summed E-state index contributed by atoms with van der Waals surface area (Å²) < 4.78 is 0. The van der Waals surface area contributed by atoms with Crippen LogP contribution in [0.3, 0.4) is 0 Å². The fourth-order valence-corrected chi connectivity index (χ4v) is 3.03. The predicted molar refractivity (Wildman–Crippen MR) is 92.2 cm³/mol. The van der Waals surface area contributed by atoms with E-state index in [4.69, 9.17) is 0 Å². The highest BCUT2D eigenvalue weighted by molar-refractivity contribution is 5.96. The summed E-state index contributed by atoms with van der Waals surface area (Å²) >= 11 is 0. The highest BCUT2D eigenvalue weighted by Crippen LogP contribution is 2.27. The van der Waals surface area contributed by atoms with E-state index in [2.05, 4.69) is 5.32 Å². The molecule has 2 aromatic carbocycles. The number of hydrogen-bond donors (Lipinski definition) is 2. The van der Waals surface area contributed by atoms with Gasteiger partial charge in [0.25, 0.3) is 0 Å². The molecule has 1 heterocycles. The summed E-state index contributed by atoms with van der Waals surface area (Å²) in [7, 11) is 0. The second kappa shape index (κ2) is 7.40. The van der Waals surface area contributed by atoms with E-state index in [1.165, 1.54) is 0 Å². The van der Waals surface area contributed by atoms with Gasteiger partial charge in [-0.05, 0) is 31.0 Å². The summed E-state index contributed by atoms with van der Waals surface area (Å²) in [6.07, 6.45) is 1.46. The molecule has 4 nitrogen and oxygen atoms in total. The Morgan fingerprint density at radius 3 is 2.65 bits per heavy atom. The van der Waals surface area contributed by atoms with Crippen LogP contribution < -0.4 is 5.32 Å². The summed E-state index contributed by atoms with van der Waals surface area (Å²) in [4.78, 5) is 14.3. The van der Waals surface area contributed by atoms with Crippen molar-refractivity contribution in [3.05, 3.63) is 54.6 Å². The number of hydrogen-bond acceptors (Lipinski definition) is 3. The highest BCUT2D eigenvalue weighted by Gasteiger charge is 2.20. The summed E-state index contributed by atoms with van der Waals surface area (Å²) in [5, 5.41) is 12.7. The molecule has 1 amide bonds. The maximum absolute atomic E-state index is 12.3. The van der Waals surface area contributed by atoms with Crippen LogP contribution in [0.15, 0.2) is 54.6 Å². The van der Waals surface area contributed by atoms with Gasteiger partial charge in [0.1, 0.15) is 0 Å². The number of likely N-dealkylation sites (tertiary alicyclic amines) is 1. The van der Waals surface area contributed by atoms with Crippen LogP contribution in [0.4, 0.5) is 5.69 Å². The number of benzene rings is 2. The summed E-state index contributed by atoms with van der Waals surface area (Å²) in [6.45, 7) is 1.76. The van der Waals surface area contributed by atoms with Crippen LogP contribution in [0.25, 0.3) is 11.1 Å². The Morgan fingerprint density at radius 2 is 1.87 bits per heavy atom. The lowest BCUT2D eigenvalue weighted by Gasteiger charge is -2.29. The molecular weight excluding hydrogens is 288 g/mol. The van der Waals surface area contributed by atoms with Crippen molar-refractivity contribution in [1.82, 2.24) is 4.90 Å². The molecule has 1 aliphatic rings. The van der Waals surface area contributed by atoms with E-state index in [1.54, 1.807) is 0 Å². The zero-order chi connectivity index (χ0) is 16.1. The first-order chi connectivity index (χ1) is 11.2. The number of aliphatic hydroxyl groups is 1. The molecule has 23 heavy (non-hydrogen) atoms. The van der Waals surface area contributed by atoms with Crippen LogP contribution >= 0.6 is 0 Å². The lowest BCUT2D eigenvalue weighted by molar-refractivity contribution is -0.118. The molecule has 0 radical (unpaired) electrons. The molecule has 1 saturated heterocycles. The van der Waals surface area contributed by atoms with Crippen molar-refractivity contribution >= 4 is 11.6 Å². The molecule has 120 valence electrons. The highest BCUT2D eigenvalue weighted by atomic mass is 16.3. The van der Waals surface area contributed by atoms with Crippen LogP contribution in [-0.2, 0) is 4.79 Å². The van der Waals surface area contributed by atoms with Crippen molar-refractivity contribution in [3.63, 3.8) is 0 Å². The lowest BCUT2D eigenvalue weighted by Crippen LogP contribution is -2.42. The fourth-order valence-electron chi connectivity index (χ4n) is 3.03. The van der Waals surface area contributed by atoms with Gasteiger partial charge in [-0.1, -0.05) is 48.5 Å². The number of carbonyl (C=O) groups excluding carboxylic acids is 1. The van der Waals surface area contributed by atoms with Gasteiger partial charge in [-0.2, -0.15) is 0 Å². The number of amides is 1. The molecule has 0 saturated carbocycles. The average Bonchev–Trinajstić information content (AvgIpc) is 2.56. The Labute approximate surface area is 136 Å². The van der Waals surface area contributed by atoms with E-state index in [-0.39, 0.29) is 12.0 Å². The Balaban J connectivity index is 1.69. The van der Waals surface area contributed by atoms with Gasteiger partial charge >= 0.3 is 0 Å². The quantitative estimate of drug-likeness (QED) is 0.913. The third kappa shape index (κ3) is 4.18. The fraction of sp³-hybridized carbons (Fsp3) is 0.316. The zero-order valence-corrected chi connectivity index (χ0v) is 13.1. The summed E-state index contributed by atoms with van der Waals surface area (Å²) in [5.41, 5.74) is 2.91. The number of para-hydroxylation sites is 1. The van der Waals surface area contributed by atoms with Crippen LogP contribution in [-0.4, -0.2) is 41.7 Å². The van der Waals surface area contributed by atoms with E-state index in [1.807, 2.05) is 59.5 Å². The smallest absolute Gasteiger partial charge is 0.238 e. The van der Waals surface area contributed by atoms with Crippen LogP contribution in [0.1, 0.15) is 12.8 Å². The van der Waals surface area contributed by atoms with E-state index in [0.29, 0.717) is 13.1 Å². The maximum Gasteiger partial charge on any atom is 0.238 e. The summed E-state index contributed by atoms with van der Waals surface area (Å²) in [5.74, 6) is -0.0394. The van der Waals surface area contributed by atoms with Crippen molar-refractivity contribution < 1.29 is 9.90 Å². The topological polar surface area (TPSA) is 52.6 Å². The molecule has 2 N–H and O–H groups in total. The minimum Gasteiger partial charge on any atom is -0.392 e. The Kier molecular flexibility index (Phi) is 5.05. The molecule has 1 unspecified atom stereocenters. The van der Waals surface area contributed by atoms with E-state index < -0.39 is 0 Å². The summed E-state index contributed by atoms with van der Waals surface area (Å²) in [6, 6.07) is 17.9. The number of nitrogens with zero attached hydrogens (tertiary/aromatic N) is 1. The first-order valence-electron chi connectivity index (χ1n) is 8.07. The number of aliphatic hydroxyl groups excluding tert-OH is 1. The average molecular weight is 310 g/mol. The Morgan fingerprint density at radius 1 is 1.13 bits per heavy atom. The second-order valence-electron chi connectivity index (χ2n) is 5.99. The molecule has 0 spiro atoms. The lowest BCUT2D eigenvalue weighted by atomic mass is 10.0. The molecule has 3 rings (SSSR count). The minimum absolute atomic E-state index is 0.0394. The van der Waals surface area contributed by atoms with Crippen LogP contribution in [0.2, 0.25) is 0 Å². The van der Waals surface area contributed by atoms with Crippen molar-refractivity contribution in [2.75, 3.05) is 25.0 Å². The maximum atomic E-state index is 12.3. The zero-order valence-electron chi connectivity index (χ0n) is 13.1. The van der Waals surface area contributed by atoms with Crippen LogP contribution in [0.5, 0.6) is 0 Å². The molecule has 2 aromatic rings. The van der Waals surface area contributed by atoms with E-state index in [0.717, 1.165) is 36.2 Å². The number of carbonyl (C=O) groups is 1. The molecule has 1 fully saturated rings. The van der Waals surface area contributed by atoms with Crippen molar-refractivity contribution in [2.45, 2.75) is 18.9 Å². The molecule has 0 bridgehead atoms. The predicted octanol–water partition coefficient (Wildman–Crippen LogP) is 2.75. The number of β-amino-alcohol motifs (C(OH)–C–C–N with tert-alkyl or cyclic N) is 1. The van der Waals surface area contributed by atoms with E-state index in [9.17, 15) is 9.90 Å². The Bertz CT molecular complexity index is 657. The molecule has 1 aliphatic heterocycles. The second-order valence-corrected chi connectivity index (χ2v) is 5.99. The Hall–Kier alpha value is -2.17. The van der Waals surface area contributed by atoms with E-state index >= 15 is 0 Å². The first-order valence-corrected chi connectivity index (χ1v) is 8.07. The molecular formula is C19H22N2O2. The monoisotopic (exact) mass is 310 g/mol. The van der Waals surface area contributed by atoms with Crippen molar-refractivity contribution in [3.8, 4) is 11.1 Å². The molecule has 0 aromatic heterocycles. The third-order valence-electron chi connectivity index (χ3n) is 4.13. The third-order valence-corrected chi connectivity index (χ3v) is 4.13. The van der Waals surface area contributed by atoms with Gasteiger partial charge in [0, 0.05) is 17.8 Å². The van der Waals surface area contributed by atoms with Gasteiger partial charge in [0.2, 0.25) is 5.91 Å².